The molecule has 1 heterocycles. The average Bonchev–Trinajstić information content (AvgIpc) is 2.80. The fourth-order valence-electron chi connectivity index (χ4n) is 4.14. The molecule has 0 spiro atoms. The number of aliphatic carboxylic acids is 1. The van der Waals surface area contributed by atoms with Crippen molar-refractivity contribution in [3.63, 3.8) is 0 Å². The van der Waals surface area contributed by atoms with Crippen molar-refractivity contribution in [1.29, 1.82) is 0 Å². The van der Waals surface area contributed by atoms with E-state index in [1.165, 1.54) is 0 Å². The zero-order valence-electron chi connectivity index (χ0n) is 19.6. The lowest BCUT2D eigenvalue weighted by Crippen LogP contribution is -2.41. The highest BCUT2D eigenvalue weighted by Gasteiger charge is 2.24. The van der Waals surface area contributed by atoms with E-state index in [9.17, 15) is 4.79 Å². The third kappa shape index (κ3) is 5.57. The number of benzene rings is 3. The van der Waals surface area contributed by atoms with Crippen LogP contribution in [-0.2, 0) is 17.8 Å². The predicted octanol–water partition coefficient (Wildman–Crippen LogP) is 5.47. The molecule has 0 bridgehead atoms. The highest BCUT2D eigenvalue weighted by Crippen LogP contribution is 2.32. The van der Waals surface area contributed by atoms with Crippen LogP contribution >= 0.6 is 11.6 Å². The monoisotopic (exact) mass is 480 g/mol. The quantitative estimate of drug-likeness (QED) is 0.445. The van der Waals surface area contributed by atoms with Crippen LogP contribution in [0.4, 0.5) is 11.4 Å². The Morgan fingerprint density at radius 3 is 2.76 bits per heavy atom. The van der Waals surface area contributed by atoms with Crippen LogP contribution in [0.25, 0.3) is 0 Å². The third-order valence-corrected chi connectivity index (χ3v) is 6.29. The number of fused-ring (bicyclic) bond motifs is 1. The van der Waals surface area contributed by atoms with Gasteiger partial charge in [0, 0.05) is 13.6 Å². The third-order valence-electron chi connectivity index (χ3n) is 5.96. The predicted molar refractivity (Wildman–Crippen MR) is 136 cm³/mol. The number of nitrogens with zero attached hydrogens (tertiary/aromatic N) is 1. The number of hydrogen-bond donors (Lipinski definition) is 2. The largest absolute Gasteiger partial charge is 0.489 e. The molecule has 4 rings (SSSR count). The van der Waals surface area contributed by atoms with Gasteiger partial charge in [-0.25, -0.2) is 0 Å². The van der Waals surface area contributed by atoms with Crippen molar-refractivity contribution >= 4 is 28.9 Å². The van der Waals surface area contributed by atoms with Gasteiger partial charge in [0.2, 0.25) is 0 Å². The van der Waals surface area contributed by atoms with E-state index in [1.807, 2.05) is 32.0 Å². The molecule has 0 saturated heterocycles. The van der Waals surface area contributed by atoms with E-state index in [2.05, 4.69) is 35.5 Å². The summed E-state index contributed by atoms with van der Waals surface area (Å²) in [5.41, 5.74) is 5.77. The van der Waals surface area contributed by atoms with E-state index in [0.29, 0.717) is 23.7 Å². The lowest BCUT2D eigenvalue weighted by atomic mass is 10.0. The van der Waals surface area contributed by atoms with E-state index >= 15 is 0 Å². The van der Waals surface area contributed by atoms with Crippen molar-refractivity contribution in [3.05, 3.63) is 81.9 Å². The van der Waals surface area contributed by atoms with Crippen molar-refractivity contribution in [2.75, 3.05) is 30.4 Å². The highest BCUT2D eigenvalue weighted by molar-refractivity contribution is 6.33. The van der Waals surface area contributed by atoms with Crippen molar-refractivity contribution in [2.45, 2.75) is 32.9 Å². The van der Waals surface area contributed by atoms with E-state index in [4.69, 9.17) is 26.2 Å². The number of nitrogens with one attached hydrogen (secondary N) is 1. The van der Waals surface area contributed by atoms with Crippen molar-refractivity contribution in [3.8, 4) is 11.5 Å². The van der Waals surface area contributed by atoms with Crippen LogP contribution in [0.15, 0.2) is 54.6 Å². The number of halogens is 1. The van der Waals surface area contributed by atoms with Crippen LogP contribution in [0.2, 0.25) is 5.02 Å². The first-order chi connectivity index (χ1) is 16.3. The van der Waals surface area contributed by atoms with Crippen LogP contribution in [0.1, 0.15) is 22.3 Å². The summed E-state index contributed by atoms with van der Waals surface area (Å²) in [6.45, 7) is 5.87. The molecule has 6 nitrogen and oxygen atoms in total. The van der Waals surface area contributed by atoms with E-state index in [1.54, 1.807) is 18.2 Å². The van der Waals surface area contributed by atoms with Gasteiger partial charge in [0.15, 0.2) is 0 Å². The maximum Gasteiger partial charge on any atom is 0.307 e. The smallest absolute Gasteiger partial charge is 0.307 e. The number of rotatable bonds is 8. The summed E-state index contributed by atoms with van der Waals surface area (Å²) in [5.74, 6) is 0.850. The van der Waals surface area contributed by atoms with Crippen LogP contribution < -0.4 is 19.7 Å². The Balaban J connectivity index is 1.39. The molecule has 3 aromatic carbocycles. The van der Waals surface area contributed by atoms with Gasteiger partial charge in [0.25, 0.3) is 0 Å². The van der Waals surface area contributed by atoms with Gasteiger partial charge in [-0.15, -0.1) is 0 Å². The number of carboxylic acids is 1. The first-order valence-corrected chi connectivity index (χ1v) is 11.6. The molecular weight excluding hydrogens is 452 g/mol. The van der Waals surface area contributed by atoms with E-state index in [0.717, 1.165) is 46.1 Å². The first-order valence-electron chi connectivity index (χ1n) is 11.2. The molecule has 7 heteroatoms. The molecule has 1 aliphatic heterocycles. The summed E-state index contributed by atoms with van der Waals surface area (Å²) >= 11 is 6.31. The zero-order valence-corrected chi connectivity index (χ0v) is 20.4. The molecule has 0 radical (unpaired) electrons. The van der Waals surface area contributed by atoms with Gasteiger partial charge in [-0.1, -0.05) is 35.9 Å². The fraction of sp³-hybridized carbons (Fsp3) is 0.296. The number of para-hydroxylation sites is 2. The standard InChI is InChI=1S/C27H29ClN2O4/c1-17-11-26(33-16-21-15-30(3)24-6-4-5-7-25(24)34-21)18(2)10-20(17)14-29-23-12-19(13-27(31)32)8-9-22(23)28/h4-12,21,29H,13-16H2,1-3H3,(H,31,32)/t21-/m0/s1. The number of hydrogen-bond acceptors (Lipinski definition) is 5. The molecule has 0 fully saturated rings. The Labute approximate surface area is 205 Å². The van der Waals surface area contributed by atoms with Gasteiger partial charge >= 0.3 is 5.97 Å². The van der Waals surface area contributed by atoms with E-state index in [-0.39, 0.29) is 12.5 Å². The second-order valence-electron chi connectivity index (χ2n) is 8.68. The SMILES string of the molecule is Cc1cc(OC[C@@H]2CN(C)c3ccccc3O2)c(C)cc1CNc1cc(CC(=O)O)ccc1Cl. The lowest BCUT2D eigenvalue weighted by molar-refractivity contribution is -0.136. The Morgan fingerprint density at radius 2 is 1.97 bits per heavy atom. The zero-order chi connectivity index (χ0) is 24.2. The van der Waals surface area contributed by atoms with Gasteiger partial charge in [-0.05, 0) is 66.4 Å². The summed E-state index contributed by atoms with van der Waals surface area (Å²) < 4.78 is 12.3. The van der Waals surface area contributed by atoms with Crippen molar-refractivity contribution < 1.29 is 19.4 Å². The minimum atomic E-state index is -0.871. The minimum Gasteiger partial charge on any atom is -0.489 e. The second kappa shape index (κ2) is 10.3. The Hall–Kier alpha value is -3.38. The van der Waals surface area contributed by atoms with Crippen LogP contribution in [0, 0.1) is 13.8 Å². The second-order valence-corrected chi connectivity index (χ2v) is 9.09. The van der Waals surface area contributed by atoms with Crippen molar-refractivity contribution in [2.24, 2.45) is 0 Å². The minimum absolute atomic E-state index is 0.0396. The normalized spacial score (nSPS) is 14.8. The fourth-order valence-corrected chi connectivity index (χ4v) is 4.32. The maximum atomic E-state index is 11.0. The number of carboxylic acid groups (broad SMARTS) is 1. The van der Waals surface area contributed by atoms with Gasteiger partial charge in [0.1, 0.15) is 24.2 Å². The number of ether oxygens (including phenoxy) is 2. The summed E-state index contributed by atoms with van der Waals surface area (Å²) in [7, 11) is 2.06. The summed E-state index contributed by atoms with van der Waals surface area (Å²) in [5, 5.41) is 12.9. The lowest BCUT2D eigenvalue weighted by Gasteiger charge is -2.33. The number of likely N-dealkylation sites (N-methyl/N-ethyl adjacent to an activating group) is 1. The maximum absolute atomic E-state index is 11.0. The molecule has 1 atom stereocenters. The van der Waals surface area contributed by atoms with Gasteiger partial charge in [-0.2, -0.15) is 0 Å². The Bertz CT molecular complexity index is 1200. The Morgan fingerprint density at radius 1 is 1.18 bits per heavy atom. The highest BCUT2D eigenvalue weighted by atomic mass is 35.5. The summed E-state index contributed by atoms with van der Waals surface area (Å²) in [4.78, 5) is 13.2. The van der Waals surface area contributed by atoms with E-state index < -0.39 is 5.97 Å². The molecule has 0 aliphatic carbocycles. The van der Waals surface area contributed by atoms with Crippen LogP contribution in [-0.4, -0.2) is 37.4 Å². The molecule has 2 N–H and O–H groups in total. The van der Waals surface area contributed by atoms with Crippen LogP contribution in [0.5, 0.6) is 11.5 Å². The molecule has 0 saturated carbocycles. The average molecular weight is 481 g/mol. The molecule has 0 amide bonds. The van der Waals surface area contributed by atoms with Gasteiger partial charge in [0.05, 0.1) is 29.4 Å². The topological polar surface area (TPSA) is 71.0 Å². The summed E-state index contributed by atoms with van der Waals surface area (Å²) in [6.07, 6.45) is -0.0941. The van der Waals surface area contributed by atoms with Crippen LogP contribution in [0.3, 0.4) is 0 Å². The molecule has 3 aromatic rings. The Kier molecular flexibility index (Phi) is 7.17. The van der Waals surface area contributed by atoms with Crippen molar-refractivity contribution in [1.82, 2.24) is 0 Å². The van der Waals surface area contributed by atoms with Gasteiger partial charge < -0.3 is 24.8 Å². The summed E-state index contributed by atoms with van der Waals surface area (Å²) in [6, 6.07) is 17.4. The molecule has 1 aliphatic rings. The molecule has 178 valence electrons. The number of carbonyl (C=O) groups is 1. The molecular formula is C27H29ClN2O4. The van der Waals surface area contributed by atoms with Gasteiger partial charge in [-0.3, -0.25) is 4.79 Å². The first kappa shape index (κ1) is 23.8. The molecule has 34 heavy (non-hydrogen) atoms. The molecule has 0 unspecified atom stereocenters. The number of anilines is 2. The number of aryl methyl sites for hydroxylation is 2. The molecule has 0 aromatic heterocycles.